The van der Waals surface area contributed by atoms with E-state index in [4.69, 9.17) is 4.65 Å². The van der Waals surface area contributed by atoms with E-state index in [1.807, 2.05) is 0 Å². The predicted molar refractivity (Wildman–Crippen MR) is 262 cm³/mol. The van der Waals surface area contributed by atoms with Gasteiger partial charge in [0.15, 0.2) is 0 Å². The molecule has 0 bridgehead atoms. The Morgan fingerprint density at radius 1 is 0.683 bits per heavy atom. The Morgan fingerprint density at radius 3 is 1.73 bits per heavy atom. The summed E-state index contributed by atoms with van der Waals surface area (Å²) in [6.07, 6.45) is 4.89. The summed E-state index contributed by atoms with van der Waals surface area (Å²) in [6, 6.07) is 51.9. The minimum atomic E-state index is -1.11. The standard InChI is InChI=1S/C47H50N2O.C6H18NSi2.Mg/c1-3-4-29-49-30-17-27-43(49)35-48(33-38-20-16-19-37-18-14-15-28-44(37)38)34-39-31-36(2)32-45(46(39)50)47(40-21-8-5-9-22-40,41-23-10-6-11-24-41)42-25-12-7-13-26-42;1-8(2,3)7-9(4,5)6;/h5-16,18-26,28,31-32,43,50H,3-4,17,27,29-30,33-35H2,1-2H3;1-6H3;/q;-1;+2/p-1/t43-;;/m0../s1. The number of rotatable bonds is 15. The van der Waals surface area contributed by atoms with Crippen LogP contribution in [0.15, 0.2) is 146 Å². The van der Waals surface area contributed by atoms with Crippen LogP contribution < -0.4 is 5.11 Å². The van der Waals surface area contributed by atoms with Gasteiger partial charge in [0.1, 0.15) is 0 Å². The Kier molecular flexibility index (Phi) is 17.0. The fourth-order valence-corrected chi connectivity index (χ4v) is 17.5. The van der Waals surface area contributed by atoms with Crippen molar-refractivity contribution in [1.82, 2.24) is 9.80 Å². The number of benzene rings is 6. The van der Waals surface area contributed by atoms with Gasteiger partial charge in [-0.1, -0.05) is 226 Å². The molecule has 4 nitrogen and oxygen atoms in total. The maximum atomic E-state index is 15.3. The zero-order valence-electron chi connectivity index (χ0n) is 37.8. The van der Waals surface area contributed by atoms with Gasteiger partial charge in [-0.3, -0.25) is 9.80 Å². The maximum absolute atomic E-state index is 15.3. The van der Waals surface area contributed by atoms with Crippen LogP contribution in [0.3, 0.4) is 0 Å². The van der Waals surface area contributed by atoms with E-state index in [0.717, 1.165) is 53.0 Å². The van der Waals surface area contributed by atoms with Crippen molar-refractivity contribution in [2.45, 2.75) is 103 Å². The van der Waals surface area contributed by atoms with Gasteiger partial charge in [0.05, 0.1) is 5.41 Å². The van der Waals surface area contributed by atoms with Crippen LogP contribution in [-0.4, -0.2) is 75.0 Å². The molecule has 0 unspecified atom stereocenters. The number of fused-ring (bicyclic) bond motifs is 1. The quantitative estimate of drug-likeness (QED) is 0.0764. The molecule has 6 aromatic carbocycles. The molecule has 1 aliphatic rings. The molecular formula is C53H67MgN3OSi2. The van der Waals surface area contributed by atoms with Gasteiger partial charge in [-0.25, -0.2) is 0 Å². The van der Waals surface area contributed by atoms with E-state index in [1.54, 1.807) is 0 Å². The van der Waals surface area contributed by atoms with Crippen LogP contribution in [0.2, 0.25) is 39.3 Å². The van der Waals surface area contributed by atoms with Gasteiger partial charge >= 0.3 is 23.1 Å². The molecule has 7 rings (SSSR count). The Morgan fingerprint density at radius 2 is 1.20 bits per heavy atom. The van der Waals surface area contributed by atoms with Crippen molar-refractivity contribution in [3.63, 3.8) is 0 Å². The van der Waals surface area contributed by atoms with Gasteiger partial charge in [-0.2, -0.15) is 0 Å². The Balaban J connectivity index is 0.000000614. The summed E-state index contributed by atoms with van der Waals surface area (Å²) in [5.74, 6) is 0.129. The number of nitrogens with zero attached hydrogens (tertiary/aromatic N) is 3. The van der Waals surface area contributed by atoms with Crippen LogP contribution in [0.4, 0.5) is 0 Å². The molecule has 310 valence electrons. The van der Waals surface area contributed by atoms with Crippen LogP contribution in [-0.2, 0) is 18.5 Å². The topological polar surface area (TPSA) is 43.6 Å². The van der Waals surface area contributed by atoms with Gasteiger partial charge in [0.25, 0.3) is 0 Å². The summed E-state index contributed by atoms with van der Waals surface area (Å²) >= 11 is 0. The summed E-state index contributed by atoms with van der Waals surface area (Å²) in [5.41, 5.74) is 6.61. The fraction of sp³-hybridized carbons (Fsp3) is 0.358. The molecule has 1 atom stereocenters. The number of aryl methyl sites for hydroxylation is 1. The van der Waals surface area contributed by atoms with Crippen molar-refractivity contribution in [3.8, 4) is 5.75 Å². The summed E-state index contributed by atoms with van der Waals surface area (Å²) in [6.45, 7) is 22.9. The molecule has 0 N–H and O–H groups in total. The molecule has 1 saturated heterocycles. The predicted octanol–water partition coefficient (Wildman–Crippen LogP) is 12.5. The molecule has 0 radical (unpaired) electrons. The largest absolute Gasteiger partial charge is 2.00 e. The molecule has 1 fully saturated rings. The molecule has 60 heavy (non-hydrogen) atoms. The number of hydrogen-bond acceptors (Lipinski definition) is 3. The molecule has 7 heteroatoms. The van der Waals surface area contributed by atoms with Gasteiger partial charge in [0.2, 0.25) is 0 Å². The van der Waals surface area contributed by atoms with E-state index >= 15 is 5.11 Å². The number of hydrogen-bond donors (Lipinski definition) is 0. The third-order valence-electron chi connectivity index (χ3n) is 11.4. The van der Waals surface area contributed by atoms with Gasteiger partial charge in [-0.15, -0.1) is 0 Å². The molecule has 0 saturated carbocycles. The minimum Gasteiger partial charge on any atom is -0.872 e. The Bertz CT molecular complexity index is 2110. The summed E-state index contributed by atoms with van der Waals surface area (Å²) < 4.78 is 4.82. The second kappa shape index (κ2) is 21.5. The van der Waals surface area contributed by atoms with Gasteiger partial charge < -0.3 is 9.75 Å². The minimum absolute atomic E-state index is 0. The van der Waals surface area contributed by atoms with Crippen LogP contribution in [0.5, 0.6) is 5.75 Å². The molecule has 6 aromatic rings. The normalized spacial score (nSPS) is 14.8. The summed E-state index contributed by atoms with van der Waals surface area (Å²) in [4.78, 5) is 5.26. The molecule has 0 spiro atoms. The molecule has 0 amide bonds. The van der Waals surface area contributed by atoms with Crippen molar-refractivity contribution in [1.29, 1.82) is 0 Å². The van der Waals surface area contributed by atoms with Crippen LogP contribution in [0.25, 0.3) is 15.4 Å². The molecule has 0 aromatic heterocycles. The maximum Gasteiger partial charge on any atom is 2.00 e. The monoisotopic (exact) mass is 841 g/mol. The van der Waals surface area contributed by atoms with Crippen molar-refractivity contribution in [3.05, 3.63) is 189 Å². The zero-order valence-corrected chi connectivity index (χ0v) is 41.2. The molecule has 0 aliphatic carbocycles. The van der Waals surface area contributed by atoms with Crippen LogP contribution in [0, 0.1) is 6.92 Å². The van der Waals surface area contributed by atoms with E-state index in [0.29, 0.717) is 12.6 Å². The molecule has 1 aliphatic heterocycles. The number of likely N-dealkylation sites (tertiary alicyclic amines) is 1. The van der Waals surface area contributed by atoms with Crippen molar-refractivity contribution >= 4 is 50.3 Å². The second-order valence-electron chi connectivity index (χ2n) is 18.6. The SMILES string of the molecule is CCCCN1CCC[C@H]1CN(Cc1cc(C)cc(C(c2ccccc2)(c2ccccc2)c2ccccc2)c1[O-])Cc1cccc2ccccc12.C[Si](C)(C)[N-][Si](C)(C)C.[Mg+2]. The Labute approximate surface area is 380 Å². The van der Waals surface area contributed by atoms with Gasteiger partial charge in [0, 0.05) is 25.7 Å². The van der Waals surface area contributed by atoms with Crippen molar-refractivity contribution in [2.75, 3.05) is 19.6 Å². The average Bonchev–Trinajstić information content (AvgIpc) is 3.65. The summed E-state index contributed by atoms with van der Waals surface area (Å²) in [5, 5.41) is 17.8. The average molecular weight is 843 g/mol. The van der Waals surface area contributed by atoms with E-state index in [-0.39, 0.29) is 28.8 Å². The first kappa shape index (κ1) is 47.5. The van der Waals surface area contributed by atoms with E-state index in [9.17, 15) is 0 Å². The molecule has 1 heterocycles. The molecular weight excluding hydrogens is 775 g/mol. The first-order valence-corrected chi connectivity index (χ1v) is 28.8. The van der Waals surface area contributed by atoms with E-state index in [1.165, 1.54) is 48.6 Å². The smallest absolute Gasteiger partial charge is 0.872 e. The van der Waals surface area contributed by atoms with Crippen molar-refractivity contribution < 1.29 is 5.11 Å². The van der Waals surface area contributed by atoms with Crippen molar-refractivity contribution in [2.24, 2.45) is 0 Å². The van der Waals surface area contributed by atoms with Crippen LogP contribution in [0.1, 0.15) is 71.6 Å². The second-order valence-corrected chi connectivity index (χ2v) is 28.2. The first-order chi connectivity index (χ1) is 28.3. The van der Waals surface area contributed by atoms with Crippen LogP contribution >= 0.6 is 0 Å². The Hall–Kier alpha value is -3.54. The van der Waals surface area contributed by atoms with E-state index in [2.05, 4.69) is 209 Å². The third-order valence-corrected chi connectivity index (χ3v) is 16.8. The first-order valence-electron chi connectivity index (χ1n) is 21.9. The van der Waals surface area contributed by atoms with Gasteiger partial charge in [-0.05, 0) is 83.4 Å². The fourth-order valence-electron chi connectivity index (χ4n) is 9.43. The third kappa shape index (κ3) is 12.1. The van der Waals surface area contributed by atoms with E-state index < -0.39 is 21.9 Å². The summed E-state index contributed by atoms with van der Waals surface area (Å²) in [7, 11) is -2.21. The number of unbranched alkanes of at least 4 members (excludes halogenated alkanes) is 1. The zero-order chi connectivity index (χ0) is 42.0.